The summed E-state index contributed by atoms with van der Waals surface area (Å²) in [4.78, 5) is 15.9. The van der Waals surface area contributed by atoms with E-state index >= 15 is 0 Å². The van der Waals surface area contributed by atoms with E-state index in [0.717, 1.165) is 5.56 Å². The number of hydrogen-bond acceptors (Lipinski definition) is 5. The van der Waals surface area contributed by atoms with Crippen molar-refractivity contribution in [2.75, 3.05) is 0 Å². The molecule has 3 atom stereocenters. The number of aliphatic hydroxyl groups excluding tert-OH is 1. The monoisotopic (exact) mass is 276 g/mol. The van der Waals surface area contributed by atoms with Crippen LogP contribution in [-0.2, 0) is 0 Å². The fourth-order valence-electron chi connectivity index (χ4n) is 2.40. The number of nitrogens with one attached hydrogen (secondary N) is 1. The molecule has 1 aliphatic carbocycles. The molecule has 1 saturated carbocycles. The van der Waals surface area contributed by atoms with E-state index in [9.17, 15) is 9.90 Å². The van der Waals surface area contributed by atoms with Crippen molar-refractivity contribution < 1.29 is 14.3 Å². The second kappa shape index (κ2) is 4.75. The van der Waals surface area contributed by atoms with E-state index in [-0.39, 0.29) is 23.9 Å². The second-order valence-corrected chi connectivity index (χ2v) is 5.15. The molecular weight excluding hydrogens is 260 g/mol. The maximum Gasteiger partial charge on any atom is 0.307 e. The van der Waals surface area contributed by atoms with Gasteiger partial charge in [-0.3, -0.25) is 9.48 Å². The van der Waals surface area contributed by atoms with Crippen LogP contribution >= 0.6 is 0 Å². The lowest BCUT2D eigenvalue weighted by molar-refractivity contribution is -0.00637. The molecule has 0 radical (unpaired) electrons. The number of rotatable bonds is 3. The molecule has 7 nitrogen and oxygen atoms in total. The van der Waals surface area contributed by atoms with Crippen LogP contribution in [0.1, 0.15) is 34.5 Å². The number of carbonyl (C=O) groups is 1. The van der Waals surface area contributed by atoms with Crippen molar-refractivity contribution in [3.05, 3.63) is 35.8 Å². The smallest absolute Gasteiger partial charge is 0.307 e. The van der Waals surface area contributed by atoms with Gasteiger partial charge in [0, 0.05) is 6.20 Å². The lowest BCUT2D eigenvalue weighted by atomic mass is 9.83. The Hall–Kier alpha value is -2.15. The van der Waals surface area contributed by atoms with E-state index in [1.165, 1.54) is 6.20 Å². The average Bonchev–Trinajstić information content (AvgIpc) is 2.97. The molecule has 7 heteroatoms. The van der Waals surface area contributed by atoms with Crippen LogP contribution in [0.2, 0.25) is 0 Å². The first-order chi connectivity index (χ1) is 9.54. The quantitative estimate of drug-likeness (QED) is 0.856. The third-order valence-corrected chi connectivity index (χ3v) is 3.47. The Balaban J connectivity index is 1.70. The third-order valence-electron chi connectivity index (χ3n) is 3.47. The van der Waals surface area contributed by atoms with Gasteiger partial charge < -0.3 is 14.8 Å². The highest BCUT2D eigenvalue weighted by Crippen LogP contribution is 2.32. The van der Waals surface area contributed by atoms with E-state index < -0.39 is 6.10 Å². The first-order valence-electron chi connectivity index (χ1n) is 6.46. The molecule has 1 amide bonds. The van der Waals surface area contributed by atoms with Crippen LogP contribution in [0.25, 0.3) is 0 Å². The Morgan fingerprint density at radius 2 is 2.30 bits per heavy atom. The molecule has 20 heavy (non-hydrogen) atoms. The number of aromatic nitrogens is 3. The summed E-state index contributed by atoms with van der Waals surface area (Å²) in [6.45, 7) is 3.66. The molecule has 3 rings (SSSR count). The number of carbonyl (C=O) groups excluding carboxylic acids is 1. The van der Waals surface area contributed by atoms with Crippen LogP contribution in [-0.4, -0.2) is 37.9 Å². The normalized spacial score (nSPS) is 25.2. The lowest BCUT2D eigenvalue weighted by Gasteiger charge is -2.41. The van der Waals surface area contributed by atoms with Gasteiger partial charge in [0.1, 0.15) is 5.76 Å². The predicted octanol–water partition coefficient (Wildman–Crippen LogP) is 0.592. The fraction of sp³-hybridized carbons (Fsp3) is 0.462. The Kier molecular flexibility index (Phi) is 3.06. The Bertz CT molecular complexity index is 633. The van der Waals surface area contributed by atoms with Gasteiger partial charge in [0.05, 0.1) is 30.6 Å². The maximum absolute atomic E-state index is 12.0. The molecule has 0 aromatic carbocycles. The molecule has 0 saturated heterocycles. The standard InChI is InChI=1S/C13H16N4O3/c1-7-4-15-17(6-7)11-9(3-10(11)18)16-12(19)13-14-5-8(2)20-13/h4-6,9-11,18H,3H2,1-2H3,(H,16,19)/t9-,10+,11+/m0/s1. The van der Waals surface area contributed by atoms with Crippen LogP contribution in [0.4, 0.5) is 0 Å². The molecule has 1 aliphatic rings. The van der Waals surface area contributed by atoms with Crippen molar-refractivity contribution in [1.29, 1.82) is 0 Å². The summed E-state index contributed by atoms with van der Waals surface area (Å²) in [5.41, 5.74) is 1.01. The fourth-order valence-corrected chi connectivity index (χ4v) is 2.40. The minimum atomic E-state index is -0.508. The zero-order valence-electron chi connectivity index (χ0n) is 11.3. The zero-order chi connectivity index (χ0) is 14.3. The van der Waals surface area contributed by atoms with Crippen molar-refractivity contribution in [2.45, 2.75) is 38.5 Å². The third kappa shape index (κ3) is 2.20. The highest BCUT2D eigenvalue weighted by atomic mass is 16.4. The van der Waals surface area contributed by atoms with Gasteiger partial charge in [0.25, 0.3) is 5.89 Å². The van der Waals surface area contributed by atoms with Gasteiger partial charge in [-0.25, -0.2) is 4.98 Å². The molecule has 2 aromatic rings. The lowest BCUT2D eigenvalue weighted by Crippen LogP contribution is -2.56. The van der Waals surface area contributed by atoms with Crippen molar-refractivity contribution in [1.82, 2.24) is 20.1 Å². The summed E-state index contributed by atoms with van der Waals surface area (Å²) in [6, 6.07) is -0.423. The molecule has 2 N–H and O–H groups in total. The van der Waals surface area contributed by atoms with Crippen molar-refractivity contribution in [2.24, 2.45) is 0 Å². The van der Waals surface area contributed by atoms with Crippen LogP contribution < -0.4 is 5.32 Å². The minimum absolute atomic E-state index is 0.0410. The summed E-state index contributed by atoms with van der Waals surface area (Å²) in [7, 11) is 0. The van der Waals surface area contributed by atoms with Crippen LogP contribution in [0.15, 0.2) is 23.0 Å². The molecule has 0 aliphatic heterocycles. The molecule has 106 valence electrons. The molecule has 2 aromatic heterocycles. The van der Waals surface area contributed by atoms with Crippen LogP contribution in [0.3, 0.4) is 0 Å². The van der Waals surface area contributed by atoms with Gasteiger partial charge >= 0.3 is 5.91 Å². The molecule has 0 spiro atoms. The van der Waals surface area contributed by atoms with E-state index in [2.05, 4.69) is 15.4 Å². The Morgan fingerprint density at radius 1 is 1.50 bits per heavy atom. The van der Waals surface area contributed by atoms with E-state index in [1.807, 2.05) is 13.1 Å². The predicted molar refractivity (Wildman–Crippen MR) is 69.1 cm³/mol. The number of oxazole rings is 1. The number of amides is 1. The maximum atomic E-state index is 12.0. The SMILES string of the molecule is Cc1cnn([C@H]2[C@H](O)C[C@@H]2NC(=O)c2ncc(C)o2)c1. The number of nitrogens with zero attached hydrogens (tertiary/aromatic N) is 3. The van der Waals surface area contributed by atoms with Gasteiger partial charge in [0.2, 0.25) is 0 Å². The molecule has 0 bridgehead atoms. The molecular formula is C13H16N4O3. The second-order valence-electron chi connectivity index (χ2n) is 5.15. The summed E-state index contributed by atoms with van der Waals surface area (Å²) in [5.74, 6) is 0.256. The summed E-state index contributed by atoms with van der Waals surface area (Å²) >= 11 is 0. The van der Waals surface area contributed by atoms with E-state index in [4.69, 9.17) is 4.42 Å². The highest BCUT2D eigenvalue weighted by molar-refractivity contribution is 5.89. The Labute approximate surface area is 115 Å². The zero-order valence-corrected chi connectivity index (χ0v) is 11.3. The van der Waals surface area contributed by atoms with E-state index in [0.29, 0.717) is 12.2 Å². The van der Waals surface area contributed by atoms with Gasteiger partial charge in [-0.1, -0.05) is 0 Å². The first kappa shape index (κ1) is 12.9. The van der Waals surface area contributed by atoms with E-state index in [1.54, 1.807) is 17.8 Å². The van der Waals surface area contributed by atoms with Crippen LogP contribution in [0, 0.1) is 13.8 Å². The van der Waals surface area contributed by atoms with Crippen molar-refractivity contribution in [3.63, 3.8) is 0 Å². The van der Waals surface area contributed by atoms with Crippen LogP contribution in [0.5, 0.6) is 0 Å². The van der Waals surface area contributed by atoms with Crippen molar-refractivity contribution >= 4 is 5.91 Å². The van der Waals surface area contributed by atoms with Crippen molar-refractivity contribution in [3.8, 4) is 0 Å². The number of hydrogen-bond donors (Lipinski definition) is 2. The van der Waals surface area contributed by atoms with Gasteiger partial charge in [-0.05, 0) is 25.8 Å². The Morgan fingerprint density at radius 3 is 2.85 bits per heavy atom. The molecule has 0 unspecified atom stereocenters. The summed E-state index contributed by atoms with van der Waals surface area (Å²) in [5, 5.41) is 16.9. The topological polar surface area (TPSA) is 93.2 Å². The minimum Gasteiger partial charge on any atom is -0.438 e. The summed E-state index contributed by atoms with van der Waals surface area (Å²) < 4.78 is 6.87. The molecule has 2 heterocycles. The molecule has 1 fully saturated rings. The first-order valence-corrected chi connectivity index (χ1v) is 6.46. The number of aliphatic hydroxyl groups is 1. The summed E-state index contributed by atoms with van der Waals surface area (Å²) in [6.07, 6.45) is 5.06. The van der Waals surface area contributed by atoms with Gasteiger partial charge in [-0.2, -0.15) is 5.10 Å². The average molecular weight is 276 g/mol. The highest BCUT2D eigenvalue weighted by Gasteiger charge is 2.43. The number of aryl methyl sites for hydroxylation is 2. The van der Waals surface area contributed by atoms with Gasteiger partial charge in [-0.15, -0.1) is 0 Å². The largest absolute Gasteiger partial charge is 0.438 e. The van der Waals surface area contributed by atoms with Gasteiger partial charge in [0.15, 0.2) is 0 Å².